The zero-order valence-electron chi connectivity index (χ0n) is 10.8. The van der Waals surface area contributed by atoms with E-state index in [0.29, 0.717) is 5.92 Å². The van der Waals surface area contributed by atoms with Crippen LogP contribution in [0.5, 0.6) is 0 Å². The highest BCUT2D eigenvalue weighted by Crippen LogP contribution is 2.32. The molecule has 2 rings (SSSR count). The van der Waals surface area contributed by atoms with Crippen LogP contribution in [0, 0.1) is 5.92 Å². The Morgan fingerprint density at radius 2 is 1.94 bits per heavy atom. The van der Waals surface area contributed by atoms with Crippen molar-refractivity contribution in [2.45, 2.75) is 69.7 Å². The Hall–Kier alpha value is -0.570. The van der Waals surface area contributed by atoms with Crippen molar-refractivity contribution in [3.8, 4) is 0 Å². The van der Waals surface area contributed by atoms with E-state index in [1.165, 1.54) is 44.9 Å². The van der Waals surface area contributed by atoms with Gasteiger partial charge in [0, 0.05) is 18.5 Å². The molecule has 0 atom stereocenters. The number of nitrogens with two attached hydrogens (primary N) is 1. The van der Waals surface area contributed by atoms with Gasteiger partial charge in [-0.1, -0.05) is 19.3 Å². The third-order valence-corrected chi connectivity index (χ3v) is 4.19. The van der Waals surface area contributed by atoms with E-state index in [0.717, 1.165) is 25.8 Å². The number of rotatable bonds is 6. The maximum atomic E-state index is 11.5. The van der Waals surface area contributed by atoms with E-state index in [9.17, 15) is 4.79 Å². The van der Waals surface area contributed by atoms with Crippen LogP contribution in [0.1, 0.15) is 64.2 Å². The van der Waals surface area contributed by atoms with Gasteiger partial charge in [0.05, 0.1) is 0 Å². The van der Waals surface area contributed by atoms with Crippen molar-refractivity contribution >= 4 is 5.91 Å². The number of nitrogens with one attached hydrogen (secondary N) is 1. The maximum absolute atomic E-state index is 11.5. The molecule has 0 aromatic rings. The fraction of sp³-hybridized carbons (Fsp3) is 0.929. The fourth-order valence-electron chi connectivity index (χ4n) is 2.83. The Kier molecular flexibility index (Phi) is 4.43. The third-order valence-electron chi connectivity index (χ3n) is 4.19. The molecule has 0 unspecified atom stereocenters. The van der Waals surface area contributed by atoms with E-state index in [1.54, 1.807) is 0 Å². The van der Waals surface area contributed by atoms with Gasteiger partial charge >= 0.3 is 0 Å². The molecule has 0 aromatic heterocycles. The van der Waals surface area contributed by atoms with Crippen LogP contribution in [0.2, 0.25) is 0 Å². The van der Waals surface area contributed by atoms with E-state index in [4.69, 9.17) is 5.73 Å². The van der Waals surface area contributed by atoms with Gasteiger partial charge in [0.25, 0.3) is 0 Å². The molecular formula is C14H26N2O. The molecular weight excluding hydrogens is 212 g/mol. The van der Waals surface area contributed by atoms with Crippen LogP contribution in [-0.4, -0.2) is 18.0 Å². The molecule has 0 saturated heterocycles. The topological polar surface area (TPSA) is 55.1 Å². The fourth-order valence-corrected chi connectivity index (χ4v) is 2.83. The second kappa shape index (κ2) is 5.85. The first-order valence-corrected chi connectivity index (χ1v) is 7.24. The lowest BCUT2D eigenvalue weighted by Crippen LogP contribution is -2.42. The zero-order chi connectivity index (χ0) is 12.1. The second-order valence-electron chi connectivity index (χ2n) is 6.02. The largest absolute Gasteiger partial charge is 0.356 e. The highest BCUT2D eigenvalue weighted by Gasteiger charge is 2.27. The predicted octanol–water partition coefficient (Wildman–Crippen LogP) is 2.34. The van der Waals surface area contributed by atoms with E-state index in [1.807, 2.05) is 0 Å². The van der Waals surface area contributed by atoms with Gasteiger partial charge in [-0.15, -0.1) is 0 Å². The van der Waals surface area contributed by atoms with Crippen LogP contribution < -0.4 is 11.1 Å². The van der Waals surface area contributed by atoms with Crippen molar-refractivity contribution in [3.63, 3.8) is 0 Å². The Bertz CT molecular complexity index is 255. The summed E-state index contributed by atoms with van der Waals surface area (Å²) < 4.78 is 0. The SMILES string of the molecule is NC1(CCCNC(=O)CC2CC2)CCCCC1. The smallest absolute Gasteiger partial charge is 0.220 e. The summed E-state index contributed by atoms with van der Waals surface area (Å²) in [6.45, 7) is 0.810. The number of amides is 1. The Balaban J connectivity index is 1.53. The van der Waals surface area contributed by atoms with Crippen LogP contribution in [0.3, 0.4) is 0 Å². The molecule has 0 spiro atoms. The van der Waals surface area contributed by atoms with Crippen LogP contribution in [0.4, 0.5) is 0 Å². The minimum atomic E-state index is 0.0689. The summed E-state index contributed by atoms with van der Waals surface area (Å²) in [6, 6.07) is 0. The van der Waals surface area contributed by atoms with Crippen molar-refractivity contribution in [2.24, 2.45) is 11.7 Å². The van der Waals surface area contributed by atoms with Crippen LogP contribution >= 0.6 is 0 Å². The number of carbonyl (C=O) groups is 1. The summed E-state index contributed by atoms with van der Waals surface area (Å²) in [5, 5.41) is 3.02. The van der Waals surface area contributed by atoms with Gasteiger partial charge in [0.1, 0.15) is 0 Å². The molecule has 2 aliphatic rings. The standard InChI is InChI=1S/C14H26N2O/c15-14(7-2-1-3-8-14)9-4-10-16-13(17)11-12-5-6-12/h12H,1-11,15H2,(H,16,17). The molecule has 2 fully saturated rings. The lowest BCUT2D eigenvalue weighted by molar-refractivity contribution is -0.121. The third kappa shape index (κ3) is 4.66. The zero-order valence-corrected chi connectivity index (χ0v) is 10.8. The lowest BCUT2D eigenvalue weighted by atomic mass is 9.79. The van der Waals surface area contributed by atoms with E-state index >= 15 is 0 Å². The van der Waals surface area contributed by atoms with E-state index < -0.39 is 0 Å². The molecule has 17 heavy (non-hydrogen) atoms. The van der Waals surface area contributed by atoms with E-state index in [-0.39, 0.29) is 11.4 Å². The second-order valence-corrected chi connectivity index (χ2v) is 6.02. The normalized spacial score (nSPS) is 23.4. The first-order valence-electron chi connectivity index (χ1n) is 7.24. The quantitative estimate of drug-likeness (QED) is 0.698. The first-order chi connectivity index (χ1) is 8.18. The molecule has 3 heteroatoms. The van der Waals surface area contributed by atoms with Crippen LogP contribution in [0.25, 0.3) is 0 Å². The average molecular weight is 238 g/mol. The summed E-state index contributed by atoms with van der Waals surface area (Å²) in [6.07, 6.45) is 11.6. The summed E-state index contributed by atoms with van der Waals surface area (Å²) in [4.78, 5) is 11.5. The molecule has 1 amide bonds. The van der Waals surface area contributed by atoms with Gasteiger partial charge in [-0.2, -0.15) is 0 Å². The summed E-state index contributed by atoms with van der Waals surface area (Å²) >= 11 is 0. The molecule has 3 N–H and O–H groups in total. The number of hydrogen-bond donors (Lipinski definition) is 2. The van der Waals surface area contributed by atoms with Gasteiger partial charge in [-0.3, -0.25) is 4.79 Å². The van der Waals surface area contributed by atoms with Gasteiger partial charge in [0.2, 0.25) is 5.91 Å². The highest BCUT2D eigenvalue weighted by molar-refractivity contribution is 5.76. The van der Waals surface area contributed by atoms with Crippen LogP contribution in [-0.2, 0) is 4.79 Å². The Labute approximate surface area is 105 Å². The van der Waals surface area contributed by atoms with Gasteiger partial charge in [0.15, 0.2) is 0 Å². The Morgan fingerprint density at radius 1 is 1.24 bits per heavy atom. The minimum Gasteiger partial charge on any atom is -0.356 e. The van der Waals surface area contributed by atoms with Gasteiger partial charge < -0.3 is 11.1 Å². The molecule has 0 aromatic carbocycles. The minimum absolute atomic E-state index is 0.0689. The molecule has 0 aliphatic heterocycles. The monoisotopic (exact) mass is 238 g/mol. The van der Waals surface area contributed by atoms with E-state index in [2.05, 4.69) is 5.32 Å². The Morgan fingerprint density at radius 3 is 2.59 bits per heavy atom. The number of carbonyl (C=O) groups excluding carboxylic acids is 1. The van der Waals surface area contributed by atoms with Crippen molar-refractivity contribution in [2.75, 3.05) is 6.54 Å². The van der Waals surface area contributed by atoms with Crippen molar-refractivity contribution in [1.82, 2.24) is 5.32 Å². The predicted molar refractivity (Wildman–Crippen MR) is 69.6 cm³/mol. The molecule has 0 bridgehead atoms. The first kappa shape index (κ1) is 12.9. The van der Waals surface area contributed by atoms with Gasteiger partial charge in [-0.25, -0.2) is 0 Å². The number of hydrogen-bond acceptors (Lipinski definition) is 2. The summed E-state index contributed by atoms with van der Waals surface area (Å²) in [5.74, 6) is 0.927. The summed E-state index contributed by atoms with van der Waals surface area (Å²) in [7, 11) is 0. The molecule has 98 valence electrons. The lowest BCUT2D eigenvalue weighted by Gasteiger charge is -2.33. The highest BCUT2D eigenvalue weighted by atomic mass is 16.1. The van der Waals surface area contributed by atoms with Crippen molar-refractivity contribution < 1.29 is 4.79 Å². The molecule has 2 saturated carbocycles. The van der Waals surface area contributed by atoms with Crippen LogP contribution in [0.15, 0.2) is 0 Å². The van der Waals surface area contributed by atoms with Crippen molar-refractivity contribution in [3.05, 3.63) is 0 Å². The van der Waals surface area contributed by atoms with Crippen molar-refractivity contribution in [1.29, 1.82) is 0 Å². The summed E-state index contributed by atoms with van der Waals surface area (Å²) in [5.41, 5.74) is 6.42. The maximum Gasteiger partial charge on any atom is 0.220 e. The molecule has 0 radical (unpaired) electrons. The average Bonchev–Trinajstić information content (AvgIpc) is 3.09. The van der Waals surface area contributed by atoms with Gasteiger partial charge in [-0.05, 0) is 44.4 Å². The molecule has 2 aliphatic carbocycles. The molecule has 0 heterocycles. The molecule has 3 nitrogen and oxygen atoms in total.